The Morgan fingerprint density at radius 2 is 1.82 bits per heavy atom. The molecule has 1 fully saturated rings. The summed E-state index contributed by atoms with van der Waals surface area (Å²) in [5, 5.41) is -0.567. The minimum Gasteiger partial charge on any atom is -0.469 e. The van der Waals surface area contributed by atoms with E-state index in [-0.39, 0.29) is 24.0 Å². The van der Waals surface area contributed by atoms with Gasteiger partial charge in [0.25, 0.3) is 5.91 Å². The van der Waals surface area contributed by atoms with Gasteiger partial charge in [-0.3, -0.25) is 14.0 Å². The Balaban J connectivity index is 1.81. The van der Waals surface area contributed by atoms with E-state index in [9.17, 15) is 35.9 Å². The normalized spacial score (nSPS) is 17.5. The number of hydrogen-bond acceptors (Lipinski definition) is 5. The van der Waals surface area contributed by atoms with Crippen molar-refractivity contribution < 1.29 is 40.7 Å². The summed E-state index contributed by atoms with van der Waals surface area (Å²) >= 11 is 0. The van der Waals surface area contributed by atoms with E-state index in [1.165, 1.54) is 12.0 Å². The molecule has 1 unspecified atom stereocenters. The minimum absolute atomic E-state index is 0.0438. The van der Waals surface area contributed by atoms with E-state index in [0.717, 1.165) is 22.7 Å². The molecule has 4 rings (SSSR count). The van der Waals surface area contributed by atoms with Gasteiger partial charge < -0.3 is 9.64 Å². The lowest BCUT2D eigenvalue weighted by Crippen LogP contribution is -2.42. The lowest BCUT2D eigenvalue weighted by molar-refractivity contribution is -0.147. The van der Waals surface area contributed by atoms with Crippen LogP contribution in [0.25, 0.3) is 16.7 Å². The monoisotopic (exact) mass is 474 g/mol. The van der Waals surface area contributed by atoms with Crippen LogP contribution in [-0.4, -0.2) is 51.3 Å². The summed E-state index contributed by atoms with van der Waals surface area (Å²) in [5.41, 5.74) is -4.09. The van der Waals surface area contributed by atoms with Crippen LogP contribution >= 0.6 is 0 Å². The van der Waals surface area contributed by atoms with E-state index in [1.807, 2.05) is 0 Å². The number of rotatable bonds is 2. The highest BCUT2D eigenvalue weighted by atomic mass is 19.4. The number of amides is 1. The molecule has 0 radical (unpaired) electrons. The molecule has 1 atom stereocenters. The number of esters is 1. The van der Waals surface area contributed by atoms with Gasteiger partial charge in [-0.15, -0.1) is 0 Å². The zero-order valence-electron chi connectivity index (χ0n) is 17.0. The van der Waals surface area contributed by atoms with Gasteiger partial charge in [0, 0.05) is 24.7 Å². The van der Waals surface area contributed by atoms with E-state index in [0.29, 0.717) is 19.4 Å². The third-order valence-corrected chi connectivity index (χ3v) is 5.46. The van der Waals surface area contributed by atoms with E-state index in [2.05, 4.69) is 9.97 Å². The number of aromatic nitrogens is 3. The average molecular weight is 474 g/mol. The number of methoxy groups -OCH3 is 1. The fraction of sp³-hybridized carbons (Fsp3) is 0.400. The first-order valence-corrected chi connectivity index (χ1v) is 9.74. The third kappa shape index (κ3) is 4.18. The van der Waals surface area contributed by atoms with Gasteiger partial charge >= 0.3 is 18.3 Å². The van der Waals surface area contributed by atoms with Crippen LogP contribution in [0.3, 0.4) is 0 Å². The van der Waals surface area contributed by atoms with Gasteiger partial charge in [-0.25, -0.2) is 9.97 Å². The summed E-state index contributed by atoms with van der Waals surface area (Å²) in [7, 11) is 1.23. The smallest absolute Gasteiger partial charge is 0.433 e. The number of piperidine rings is 1. The van der Waals surface area contributed by atoms with Crippen LogP contribution in [-0.2, 0) is 21.9 Å². The maximum absolute atomic E-state index is 13.5. The first-order chi connectivity index (χ1) is 15.4. The predicted octanol–water partition coefficient (Wildman–Crippen LogP) is 3.95. The molecular formula is C20H16F6N4O3. The number of pyridine rings is 2. The largest absolute Gasteiger partial charge is 0.469 e. The second-order valence-corrected chi connectivity index (χ2v) is 7.59. The van der Waals surface area contributed by atoms with Gasteiger partial charge in [-0.2, -0.15) is 26.3 Å². The molecule has 0 N–H and O–H groups in total. The molecule has 0 bridgehead atoms. The van der Waals surface area contributed by atoms with Crippen molar-refractivity contribution in [1.82, 2.24) is 19.3 Å². The van der Waals surface area contributed by atoms with Crippen molar-refractivity contribution in [2.45, 2.75) is 25.2 Å². The number of halogens is 6. The van der Waals surface area contributed by atoms with Crippen LogP contribution in [0, 0.1) is 5.92 Å². The number of fused-ring (bicyclic) bond motifs is 3. The summed E-state index contributed by atoms with van der Waals surface area (Å²) < 4.78 is 85.8. The minimum atomic E-state index is -5.12. The molecular weight excluding hydrogens is 458 g/mol. The molecule has 1 saturated heterocycles. The quantitative estimate of drug-likeness (QED) is 0.416. The van der Waals surface area contributed by atoms with Crippen LogP contribution in [0.2, 0.25) is 0 Å². The molecule has 7 nitrogen and oxygen atoms in total. The molecule has 0 saturated carbocycles. The van der Waals surface area contributed by atoms with Crippen molar-refractivity contribution in [1.29, 1.82) is 0 Å². The Bertz CT molecular complexity index is 1250. The SMILES string of the molecule is COC(=O)C1CCCN(C(=O)c2cn3c(ccc4c(C(F)(F)F)cc(C(F)(F)F)nc43)n2)C1. The molecule has 3 aromatic rings. The zero-order valence-corrected chi connectivity index (χ0v) is 17.0. The second-order valence-electron chi connectivity index (χ2n) is 7.59. The number of carbonyl (C=O) groups is 2. The number of hydrogen-bond donors (Lipinski definition) is 0. The average Bonchev–Trinajstić information content (AvgIpc) is 3.21. The van der Waals surface area contributed by atoms with E-state index < -0.39 is 52.4 Å². The second kappa shape index (κ2) is 7.89. The van der Waals surface area contributed by atoms with Crippen molar-refractivity contribution >= 4 is 28.6 Å². The van der Waals surface area contributed by atoms with Gasteiger partial charge in [0.1, 0.15) is 22.7 Å². The molecule has 33 heavy (non-hydrogen) atoms. The first kappa shape index (κ1) is 22.8. The number of alkyl halides is 6. The summed E-state index contributed by atoms with van der Waals surface area (Å²) in [6, 6.07) is 2.09. The van der Waals surface area contributed by atoms with Gasteiger partial charge in [0.05, 0.1) is 18.6 Å². The van der Waals surface area contributed by atoms with Gasteiger partial charge in [-0.1, -0.05) is 0 Å². The molecule has 0 aromatic carbocycles. The fourth-order valence-electron chi connectivity index (χ4n) is 3.89. The number of carbonyl (C=O) groups excluding carboxylic acids is 2. The molecule has 3 aromatic heterocycles. The Labute approximate surface area is 182 Å². The Morgan fingerprint density at radius 3 is 2.45 bits per heavy atom. The first-order valence-electron chi connectivity index (χ1n) is 9.74. The van der Waals surface area contributed by atoms with Crippen molar-refractivity contribution in [2.24, 2.45) is 5.92 Å². The predicted molar refractivity (Wildman–Crippen MR) is 101 cm³/mol. The third-order valence-electron chi connectivity index (χ3n) is 5.46. The summed E-state index contributed by atoms with van der Waals surface area (Å²) in [6.45, 7) is 0.379. The fourth-order valence-corrected chi connectivity index (χ4v) is 3.89. The van der Waals surface area contributed by atoms with Gasteiger partial charge in [0.2, 0.25) is 0 Å². The highest BCUT2D eigenvalue weighted by Gasteiger charge is 2.40. The molecule has 1 aliphatic heterocycles. The van der Waals surface area contributed by atoms with E-state index in [4.69, 9.17) is 4.74 Å². The number of nitrogens with zero attached hydrogens (tertiary/aromatic N) is 4. The summed E-state index contributed by atoms with van der Waals surface area (Å²) in [6.07, 6.45) is -8.09. The molecule has 0 aliphatic carbocycles. The Hall–Kier alpha value is -3.38. The van der Waals surface area contributed by atoms with Crippen molar-refractivity contribution in [2.75, 3.05) is 20.2 Å². The zero-order chi connectivity index (χ0) is 24.1. The van der Waals surface area contributed by atoms with Crippen LogP contribution < -0.4 is 0 Å². The van der Waals surface area contributed by atoms with Gasteiger partial charge in [0.15, 0.2) is 0 Å². The number of likely N-dealkylation sites (tertiary alicyclic amines) is 1. The summed E-state index contributed by atoms with van der Waals surface area (Å²) in [5.74, 6) is -1.61. The van der Waals surface area contributed by atoms with Crippen molar-refractivity contribution in [3.63, 3.8) is 0 Å². The lowest BCUT2D eigenvalue weighted by atomic mass is 9.98. The standard InChI is InChI=1S/C20H16F6N4O3/c1-33-18(32)10-3-2-6-29(8-10)17(31)13-9-30-15(27-13)5-4-11-12(19(21,22)23)7-14(20(24,25)26)28-16(11)30/h4-5,7,9-10H,2-3,6,8H2,1H3. The molecule has 0 spiro atoms. The maximum atomic E-state index is 13.5. The van der Waals surface area contributed by atoms with Crippen LogP contribution in [0.15, 0.2) is 24.4 Å². The number of imidazole rings is 1. The van der Waals surface area contributed by atoms with Crippen molar-refractivity contribution in [3.8, 4) is 0 Å². The molecule has 1 aliphatic rings. The molecule has 13 heteroatoms. The Kier molecular flexibility index (Phi) is 5.45. The van der Waals surface area contributed by atoms with E-state index in [1.54, 1.807) is 0 Å². The Morgan fingerprint density at radius 1 is 1.09 bits per heavy atom. The lowest BCUT2D eigenvalue weighted by Gasteiger charge is -2.30. The maximum Gasteiger partial charge on any atom is 0.433 e. The molecule has 176 valence electrons. The topological polar surface area (TPSA) is 76.8 Å². The number of ether oxygens (including phenoxy) is 1. The van der Waals surface area contributed by atoms with Gasteiger partial charge in [-0.05, 0) is 31.0 Å². The van der Waals surface area contributed by atoms with Crippen LogP contribution in [0.1, 0.15) is 34.6 Å². The highest BCUT2D eigenvalue weighted by Crippen LogP contribution is 2.38. The van der Waals surface area contributed by atoms with Crippen molar-refractivity contribution in [3.05, 3.63) is 41.3 Å². The summed E-state index contributed by atoms with van der Waals surface area (Å²) in [4.78, 5) is 33.6. The molecule has 1 amide bonds. The highest BCUT2D eigenvalue weighted by molar-refractivity contribution is 5.94. The van der Waals surface area contributed by atoms with Crippen LogP contribution in [0.4, 0.5) is 26.3 Å². The van der Waals surface area contributed by atoms with Crippen LogP contribution in [0.5, 0.6) is 0 Å². The van der Waals surface area contributed by atoms with E-state index >= 15 is 0 Å². The molecule has 4 heterocycles.